The summed E-state index contributed by atoms with van der Waals surface area (Å²) in [7, 11) is -3.13. The van der Waals surface area contributed by atoms with Crippen LogP contribution in [0.5, 0.6) is 0 Å². The van der Waals surface area contributed by atoms with Crippen molar-refractivity contribution in [1.82, 2.24) is 0 Å². The molecule has 0 aromatic rings. The maximum atomic E-state index is 11.9. The van der Waals surface area contributed by atoms with Gasteiger partial charge in [0, 0.05) is 6.61 Å². The molecule has 128 valence electrons. The van der Waals surface area contributed by atoms with E-state index >= 15 is 0 Å². The first kappa shape index (κ1) is 22.7. The van der Waals surface area contributed by atoms with E-state index in [9.17, 15) is 4.79 Å². The minimum atomic E-state index is -1.71. The Morgan fingerprint density at radius 3 is 2.17 bits per heavy atom. The topological polar surface area (TPSA) is 26.3 Å². The van der Waals surface area contributed by atoms with Crippen LogP contribution in [0.15, 0.2) is 9.66 Å². The lowest BCUT2D eigenvalue weighted by Crippen LogP contribution is -2.40. The Labute approximate surface area is 158 Å². The first-order chi connectivity index (χ1) is 10.3. The van der Waals surface area contributed by atoms with Gasteiger partial charge >= 0.3 is 0 Å². The molecule has 0 unspecified atom stereocenters. The van der Waals surface area contributed by atoms with Crippen molar-refractivity contribution in [2.24, 2.45) is 0 Å². The molecule has 0 aromatic heterocycles. The maximum Gasteiger partial charge on any atom is 0.242 e. The van der Waals surface area contributed by atoms with Crippen molar-refractivity contribution in [2.45, 2.75) is 65.0 Å². The standard InChI is InChI=1S/C18H29IO2Si2/c1-18(2,3)23(7,8)21-14-11-12-16(19)17(20)13-9-10-15-22(4,5)6/h12H,11,14H2,1-8H3/b16-12-. The van der Waals surface area contributed by atoms with Crippen LogP contribution < -0.4 is 0 Å². The van der Waals surface area contributed by atoms with Gasteiger partial charge in [0.15, 0.2) is 8.32 Å². The lowest BCUT2D eigenvalue weighted by molar-refractivity contribution is -0.109. The molecule has 0 rings (SSSR count). The smallest absolute Gasteiger partial charge is 0.242 e. The fourth-order valence-electron chi connectivity index (χ4n) is 1.18. The van der Waals surface area contributed by atoms with E-state index in [0.717, 1.165) is 6.42 Å². The van der Waals surface area contributed by atoms with Crippen LogP contribution in [-0.4, -0.2) is 28.8 Å². The minimum absolute atomic E-state index is 0.164. The molecule has 0 saturated heterocycles. The molecule has 0 fully saturated rings. The van der Waals surface area contributed by atoms with Crippen LogP contribution >= 0.6 is 22.6 Å². The van der Waals surface area contributed by atoms with Gasteiger partial charge in [0.2, 0.25) is 5.78 Å². The number of hydrogen-bond acceptors (Lipinski definition) is 2. The van der Waals surface area contributed by atoms with Gasteiger partial charge in [-0.1, -0.05) is 46.5 Å². The molecule has 0 amide bonds. The zero-order valence-corrected chi connectivity index (χ0v) is 19.8. The van der Waals surface area contributed by atoms with Crippen LogP contribution in [0, 0.1) is 23.3 Å². The van der Waals surface area contributed by atoms with E-state index in [-0.39, 0.29) is 10.8 Å². The third-order valence-electron chi connectivity index (χ3n) is 3.60. The second kappa shape index (κ2) is 9.22. The summed E-state index contributed by atoms with van der Waals surface area (Å²) in [6, 6.07) is 0. The Balaban J connectivity index is 4.50. The van der Waals surface area contributed by atoms with Gasteiger partial charge in [-0.2, -0.15) is 0 Å². The lowest BCUT2D eigenvalue weighted by atomic mass is 10.2. The van der Waals surface area contributed by atoms with Gasteiger partial charge in [-0.15, -0.1) is 5.54 Å². The number of rotatable bonds is 5. The van der Waals surface area contributed by atoms with Crippen molar-refractivity contribution >= 4 is 44.8 Å². The molecule has 0 aliphatic rings. The zero-order chi connectivity index (χ0) is 18.3. The molecule has 0 spiro atoms. The molecule has 0 aliphatic carbocycles. The van der Waals surface area contributed by atoms with E-state index in [0.29, 0.717) is 10.2 Å². The summed E-state index contributed by atoms with van der Waals surface area (Å²) in [5.74, 6) is 7.88. The van der Waals surface area contributed by atoms with Crippen molar-refractivity contribution in [1.29, 1.82) is 0 Å². The van der Waals surface area contributed by atoms with Crippen LogP contribution in [0.4, 0.5) is 0 Å². The zero-order valence-electron chi connectivity index (χ0n) is 15.7. The van der Waals surface area contributed by atoms with Crippen molar-refractivity contribution in [3.63, 3.8) is 0 Å². The molecular weight excluding hydrogens is 431 g/mol. The third kappa shape index (κ3) is 10.2. The summed E-state index contributed by atoms with van der Waals surface area (Å²) >= 11 is 2.04. The average Bonchev–Trinajstić information content (AvgIpc) is 2.36. The Hall–Kier alpha value is -0.346. The van der Waals surface area contributed by atoms with E-state index in [1.54, 1.807) is 0 Å². The van der Waals surface area contributed by atoms with Crippen molar-refractivity contribution in [3.05, 3.63) is 9.66 Å². The fraction of sp³-hybridized carbons (Fsp3) is 0.611. The van der Waals surface area contributed by atoms with Gasteiger partial charge in [0.25, 0.3) is 0 Å². The van der Waals surface area contributed by atoms with E-state index in [1.165, 1.54) is 0 Å². The SMILES string of the molecule is CC(C)(C)[Si](C)(C)OCC/C=C(\I)C(=O)C#CC#C[Si](C)(C)C. The number of halogens is 1. The van der Waals surface area contributed by atoms with Gasteiger partial charge in [0.05, 0.1) is 3.58 Å². The normalized spacial score (nSPS) is 12.8. The molecule has 0 radical (unpaired) electrons. The Morgan fingerprint density at radius 1 is 1.13 bits per heavy atom. The Kier molecular flexibility index (Phi) is 9.08. The number of Topliss-reactive ketones (excluding diaryl/α,β-unsaturated/α-hetero) is 1. The molecule has 0 atom stereocenters. The lowest BCUT2D eigenvalue weighted by Gasteiger charge is -2.36. The molecule has 0 N–H and O–H groups in total. The highest BCUT2D eigenvalue weighted by Gasteiger charge is 2.36. The Bertz CT molecular complexity index is 571. The number of hydrogen-bond donors (Lipinski definition) is 0. The number of ketones is 1. The van der Waals surface area contributed by atoms with Gasteiger partial charge in [-0.3, -0.25) is 4.79 Å². The highest BCUT2D eigenvalue weighted by molar-refractivity contribution is 14.1. The first-order valence-corrected chi connectivity index (χ1v) is 15.3. The third-order valence-corrected chi connectivity index (χ3v) is 9.95. The van der Waals surface area contributed by atoms with Crippen LogP contribution in [0.2, 0.25) is 37.8 Å². The molecule has 5 heteroatoms. The largest absolute Gasteiger partial charge is 0.417 e. The quantitative estimate of drug-likeness (QED) is 0.141. The monoisotopic (exact) mass is 460 g/mol. The minimum Gasteiger partial charge on any atom is -0.417 e. The number of carbonyl (C=O) groups excluding carboxylic acids is 1. The summed E-state index contributed by atoms with van der Waals surface area (Å²) in [6.07, 6.45) is 2.63. The van der Waals surface area contributed by atoms with Crippen LogP contribution in [-0.2, 0) is 9.22 Å². The molecule has 2 nitrogen and oxygen atoms in total. The van der Waals surface area contributed by atoms with Crippen LogP contribution in [0.25, 0.3) is 0 Å². The summed E-state index contributed by atoms with van der Waals surface area (Å²) in [4.78, 5) is 11.9. The number of carbonyl (C=O) groups is 1. The van der Waals surface area contributed by atoms with E-state index in [1.807, 2.05) is 28.7 Å². The predicted molar refractivity (Wildman–Crippen MR) is 114 cm³/mol. The molecule has 0 aliphatic heterocycles. The molecule has 0 heterocycles. The van der Waals surface area contributed by atoms with Gasteiger partial charge in [-0.25, -0.2) is 0 Å². The van der Waals surface area contributed by atoms with Crippen molar-refractivity contribution in [2.75, 3.05) is 6.61 Å². The highest BCUT2D eigenvalue weighted by atomic mass is 127. The second-order valence-corrected chi connectivity index (χ2v) is 18.8. The Morgan fingerprint density at radius 2 is 1.70 bits per heavy atom. The van der Waals surface area contributed by atoms with E-state index in [4.69, 9.17) is 4.43 Å². The summed E-state index contributed by atoms with van der Waals surface area (Å²) in [6.45, 7) is 18.2. The highest BCUT2D eigenvalue weighted by Crippen LogP contribution is 2.36. The average molecular weight is 461 g/mol. The summed E-state index contributed by atoms with van der Waals surface area (Å²) in [5, 5.41) is 0.209. The number of allylic oxidation sites excluding steroid dienone is 1. The van der Waals surface area contributed by atoms with E-state index < -0.39 is 16.4 Å². The molecule has 0 aromatic carbocycles. The summed E-state index contributed by atoms with van der Waals surface area (Å²) in [5.41, 5.74) is 3.12. The first-order valence-electron chi connectivity index (χ1n) is 7.83. The predicted octanol–water partition coefficient (Wildman–Crippen LogP) is 5.17. The molecular formula is C18H29IO2Si2. The molecule has 0 bridgehead atoms. The van der Waals surface area contributed by atoms with Crippen molar-refractivity contribution < 1.29 is 9.22 Å². The van der Waals surface area contributed by atoms with Crippen molar-refractivity contribution in [3.8, 4) is 23.3 Å². The molecule has 0 saturated carbocycles. The molecule has 23 heavy (non-hydrogen) atoms. The van der Waals surface area contributed by atoms with Gasteiger partial charge in [0.1, 0.15) is 8.07 Å². The summed E-state index contributed by atoms with van der Waals surface area (Å²) < 4.78 is 6.73. The van der Waals surface area contributed by atoms with Gasteiger partial charge in [-0.05, 0) is 64.9 Å². The second-order valence-electron chi connectivity index (χ2n) is 8.03. The fourth-order valence-corrected chi connectivity index (χ4v) is 3.12. The maximum absolute atomic E-state index is 11.9. The van der Waals surface area contributed by atoms with Crippen LogP contribution in [0.1, 0.15) is 27.2 Å². The van der Waals surface area contributed by atoms with Crippen LogP contribution in [0.3, 0.4) is 0 Å². The van der Waals surface area contributed by atoms with E-state index in [2.05, 4.69) is 76.8 Å². The van der Waals surface area contributed by atoms with Gasteiger partial charge < -0.3 is 4.43 Å².